The summed E-state index contributed by atoms with van der Waals surface area (Å²) in [5, 5.41) is 8.47. The minimum absolute atomic E-state index is 0.0303. The van der Waals surface area contributed by atoms with Crippen LogP contribution in [0.15, 0.2) is 53.2 Å². The molecule has 0 atom stereocenters. The predicted octanol–water partition coefficient (Wildman–Crippen LogP) is 3.46. The Hall–Kier alpha value is -3.02. The van der Waals surface area contributed by atoms with Gasteiger partial charge in [0.2, 0.25) is 11.8 Å². The maximum atomic E-state index is 12.5. The number of likely N-dealkylation sites (tertiary alicyclic amines) is 1. The lowest BCUT2D eigenvalue weighted by molar-refractivity contribution is 0.0706. The van der Waals surface area contributed by atoms with Crippen LogP contribution in [0.5, 0.6) is 0 Å². The van der Waals surface area contributed by atoms with Crippen LogP contribution in [0.4, 0.5) is 0 Å². The van der Waals surface area contributed by atoms with E-state index in [9.17, 15) is 4.79 Å². The van der Waals surface area contributed by atoms with Crippen LogP contribution in [0, 0.1) is 6.92 Å². The maximum Gasteiger partial charge on any atom is 0.255 e. The third-order valence-corrected chi connectivity index (χ3v) is 4.86. The Morgan fingerprint density at radius 3 is 2.65 bits per heavy atom. The zero-order chi connectivity index (χ0) is 17.9. The van der Waals surface area contributed by atoms with E-state index in [1.807, 2.05) is 36.1 Å². The van der Waals surface area contributed by atoms with Gasteiger partial charge in [0, 0.05) is 37.0 Å². The Labute approximate surface area is 151 Å². The summed E-state index contributed by atoms with van der Waals surface area (Å²) < 4.78 is 5.93. The number of pyridine rings is 1. The molecule has 2 aromatic heterocycles. The summed E-state index contributed by atoms with van der Waals surface area (Å²) in [5.74, 6) is 1.45. The Kier molecular flexibility index (Phi) is 4.48. The number of hydrogen-bond acceptors (Lipinski definition) is 5. The van der Waals surface area contributed by atoms with Crippen molar-refractivity contribution in [2.75, 3.05) is 13.1 Å². The number of rotatable bonds is 3. The van der Waals surface area contributed by atoms with Crippen molar-refractivity contribution in [3.05, 3.63) is 65.8 Å². The van der Waals surface area contributed by atoms with E-state index in [1.54, 1.807) is 24.5 Å². The van der Waals surface area contributed by atoms with Gasteiger partial charge in [-0.1, -0.05) is 18.2 Å². The van der Waals surface area contributed by atoms with E-state index in [0.717, 1.165) is 24.0 Å². The standard InChI is InChI=1S/C20H20N4O2/c1-14-5-2-3-7-17(14)19-23-22-18(26-19)15-8-11-24(12-9-15)20(25)16-6-4-10-21-13-16/h2-7,10,13,15H,8-9,11-12H2,1H3. The van der Waals surface area contributed by atoms with Crippen LogP contribution < -0.4 is 0 Å². The highest BCUT2D eigenvalue weighted by atomic mass is 16.4. The SMILES string of the molecule is Cc1ccccc1-c1nnc(C2CCN(C(=O)c3cccnc3)CC2)o1. The maximum absolute atomic E-state index is 12.5. The van der Waals surface area contributed by atoms with Gasteiger partial charge >= 0.3 is 0 Å². The number of hydrogen-bond donors (Lipinski definition) is 0. The fourth-order valence-electron chi connectivity index (χ4n) is 3.32. The molecule has 0 saturated carbocycles. The highest BCUT2D eigenvalue weighted by Crippen LogP contribution is 2.30. The van der Waals surface area contributed by atoms with Gasteiger partial charge in [0.1, 0.15) is 0 Å². The van der Waals surface area contributed by atoms with Crippen molar-refractivity contribution in [1.82, 2.24) is 20.1 Å². The van der Waals surface area contributed by atoms with Crippen LogP contribution in [-0.2, 0) is 0 Å². The number of amides is 1. The number of carbonyl (C=O) groups excluding carboxylic acids is 1. The molecule has 0 unspecified atom stereocenters. The normalized spacial score (nSPS) is 15.2. The number of benzene rings is 1. The quantitative estimate of drug-likeness (QED) is 0.725. The van der Waals surface area contributed by atoms with Crippen molar-refractivity contribution in [2.24, 2.45) is 0 Å². The predicted molar refractivity (Wildman–Crippen MR) is 96.6 cm³/mol. The average Bonchev–Trinajstić information content (AvgIpc) is 3.18. The lowest BCUT2D eigenvalue weighted by atomic mass is 9.96. The largest absolute Gasteiger partial charge is 0.420 e. The van der Waals surface area contributed by atoms with Crippen LogP contribution in [0.3, 0.4) is 0 Å². The highest BCUT2D eigenvalue weighted by Gasteiger charge is 2.28. The van der Waals surface area contributed by atoms with Gasteiger partial charge in [-0.3, -0.25) is 9.78 Å². The number of carbonyl (C=O) groups is 1. The van der Waals surface area contributed by atoms with Crippen molar-refractivity contribution in [3.8, 4) is 11.5 Å². The zero-order valence-corrected chi connectivity index (χ0v) is 14.6. The monoisotopic (exact) mass is 348 g/mol. The minimum atomic E-state index is 0.0303. The second-order valence-electron chi connectivity index (χ2n) is 6.57. The molecule has 1 amide bonds. The van der Waals surface area contributed by atoms with Crippen LogP contribution >= 0.6 is 0 Å². The van der Waals surface area contributed by atoms with Gasteiger partial charge < -0.3 is 9.32 Å². The molecule has 0 radical (unpaired) electrons. The number of nitrogens with zero attached hydrogens (tertiary/aromatic N) is 4. The van der Waals surface area contributed by atoms with Gasteiger partial charge in [0.25, 0.3) is 5.91 Å². The Balaban J connectivity index is 1.43. The third-order valence-electron chi connectivity index (χ3n) is 4.86. The molecule has 1 fully saturated rings. The summed E-state index contributed by atoms with van der Waals surface area (Å²) in [7, 11) is 0. The Bertz CT molecular complexity index is 899. The molecule has 3 aromatic rings. The first-order chi connectivity index (χ1) is 12.7. The lowest BCUT2D eigenvalue weighted by Gasteiger charge is -2.30. The molecule has 0 bridgehead atoms. The molecule has 6 nitrogen and oxygen atoms in total. The molecule has 6 heteroatoms. The number of piperidine rings is 1. The van der Waals surface area contributed by atoms with E-state index in [0.29, 0.717) is 30.4 Å². The molecule has 1 aromatic carbocycles. The van der Waals surface area contributed by atoms with Crippen LogP contribution in [0.1, 0.15) is 40.6 Å². The van der Waals surface area contributed by atoms with Crippen molar-refractivity contribution in [2.45, 2.75) is 25.7 Å². The first-order valence-corrected chi connectivity index (χ1v) is 8.81. The first-order valence-electron chi connectivity index (χ1n) is 8.81. The average molecular weight is 348 g/mol. The lowest BCUT2D eigenvalue weighted by Crippen LogP contribution is -2.38. The van der Waals surface area contributed by atoms with Gasteiger partial charge in [-0.2, -0.15) is 0 Å². The molecule has 0 N–H and O–H groups in total. The van der Waals surface area contributed by atoms with Gasteiger partial charge in [0.05, 0.1) is 5.56 Å². The van der Waals surface area contributed by atoms with Gasteiger partial charge in [-0.15, -0.1) is 10.2 Å². The summed E-state index contributed by atoms with van der Waals surface area (Å²) in [6.45, 7) is 3.39. The van der Waals surface area contributed by atoms with E-state index in [1.165, 1.54) is 0 Å². The fourth-order valence-corrected chi connectivity index (χ4v) is 3.32. The van der Waals surface area contributed by atoms with Crippen LogP contribution in [0.25, 0.3) is 11.5 Å². The second-order valence-corrected chi connectivity index (χ2v) is 6.57. The van der Waals surface area contributed by atoms with E-state index in [2.05, 4.69) is 15.2 Å². The van der Waals surface area contributed by atoms with Crippen LogP contribution in [-0.4, -0.2) is 39.1 Å². The van der Waals surface area contributed by atoms with Crippen molar-refractivity contribution >= 4 is 5.91 Å². The van der Waals surface area contributed by atoms with Crippen molar-refractivity contribution < 1.29 is 9.21 Å². The van der Waals surface area contributed by atoms with E-state index >= 15 is 0 Å². The molecular weight excluding hydrogens is 328 g/mol. The zero-order valence-electron chi connectivity index (χ0n) is 14.6. The summed E-state index contributed by atoms with van der Waals surface area (Å²) in [4.78, 5) is 18.4. The second kappa shape index (κ2) is 7.07. The molecule has 0 aliphatic carbocycles. The highest BCUT2D eigenvalue weighted by molar-refractivity contribution is 5.93. The van der Waals surface area contributed by atoms with Crippen molar-refractivity contribution in [3.63, 3.8) is 0 Å². The molecule has 1 saturated heterocycles. The van der Waals surface area contributed by atoms with Gasteiger partial charge in [0.15, 0.2) is 0 Å². The smallest absolute Gasteiger partial charge is 0.255 e. The number of aryl methyl sites for hydroxylation is 1. The molecular formula is C20H20N4O2. The molecule has 4 rings (SSSR count). The molecule has 1 aliphatic heterocycles. The van der Waals surface area contributed by atoms with E-state index < -0.39 is 0 Å². The van der Waals surface area contributed by atoms with Crippen LogP contribution in [0.2, 0.25) is 0 Å². The molecule has 3 heterocycles. The van der Waals surface area contributed by atoms with E-state index in [-0.39, 0.29) is 11.8 Å². The van der Waals surface area contributed by atoms with Gasteiger partial charge in [-0.25, -0.2) is 0 Å². The molecule has 1 aliphatic rings. The summed E-state index contributed by atoms with van der Waals surface area (Å²) in [6.07, 6.45) is 4.92. The summed E-state index contributed by atoms with van der Waals surface area (Å²) in [5.41, 5.74) is 2.71. The molecule has 132 valence electrons. The first kappa shape index (κ1) is 16.4. The summed E-state index contributed by atoms with van der Waals surface area (Å²) >= 11 is 0. The third kappa shape index (κ3) is 3.22. The summed E-state index contributed by atoms with van der Waals surface area (Å²) in [6, 6.07) is 11.6. The van der Waals surface area contributed by atoms with Gasteiger partial charge in [-0.05, 0) is 43.5 Å². The van der Waals surface area contributed by atoms with Crippen molar-refractivity contribution in [1.29, 1.82) is 0 Å². The Morgan fingerprint density at radius 1 is 1.12 bits per heavy atom. The number of aromatic nitrogens is 3. The minimum Gasteiger partial charge on any atom is -0.420 e. The molecule has 26 heavy (non-hydrogen) atoms. The Morgan fingerprint density at radius 2 is 1.92 bits per heavy atom. The molecule has 0 spiro atoms. The van der Waals surface area contributed by atoms with E-state index in [4.69, 9.17) is 4.42 Å². The fraction of sp³-hybridized carbons (Fsp3) is 0.300. The topological polar surface area (TPSA) is 72.1 Å².